The molecule has 0 unspecified atom stereocenters. The third-order valence-electron chi connectivity index (χ3n) is 2.86. The summed E-state index contributed by atoms with van der Waals surface area (Å²) in [5.41, 5.74) is 0.493. The van der Waals surface area contributed by atoms with Gasteiger partial charge in [0.1, 0.15) is 5.60 Å². The van der Waals surface area contributed by atoms with E-state index in [-0.39, 0.29) is 13.0 Å². The molecule has 6 heteroatoms. The van der Waals surface area contributed by atoms with E-state index in [9.17, 15) is 9.59 Å². The first-order valence-electron chi connectivity index (χ1n) is 7.36. The first-order chi connectivity index (χ1) is 10.3. The van der Waals surface area contributed by atoms with Crippen molar-refractivity contribution < 1.29 is 19.4 Å². The standard InChI is InChI=1S/C16H24N2O4/c1-16(2,3)22-15(21)18(11-8-14(19)20)10-5-7-13-6-4-9-17-12-13/h4,6,9,12H,5,7-8,10-11H2,1-3H3,(H,19,20). The lowest BCUT2D eigenvalue weighted by Gasteiger charge is -2.27. The fraction of sp³-hybridized carbons (Fsp3) is 0.562. The van der Waals surface area contributed by atoms with Crippen molar-refractivity contribution in [2.75, 3.05) is 13.1 Å². The van der Waals surface area contributed by atoms with Crippen LogP contribution < -0.4 is 0 Å². The average molecular weight is 308 g/mol. The van der Waals surface area contributed by atoms with Crippen LogP contribution in [0.5, 0.6) is 0 Å². The molecule has 1 aromatic heterocycles. The van der Waals surface area contributed by atoms with Crippen LogP contribution in [0.2, 0.25) is 0 Å². The van der Waals surface area contributed by atoms with Crippen LogP contribution in [-0.4, -0.2) is 45.7 Å². The highest BCUT2D eigenvalue weighted by Crippen LogP contribution is 2.11. The minimum atomic E-state index is -0.930. The molecule has 0 atom stereocenters. The number of nitrogens with zero attached hydrogens (tertiary/aromatic N) is 2. The lowest BCUT2D eigenvalue weighted by Crippen LogP contribution is -2.38. The Bertz CT molecular complexity index is 483. The summed E-state index contributed by atoms with van der Waals surface area (Å²) >= 11 is 0. The van der Waals surface area contributed by atoms with Gasteiger partial charge in [0.15, 0.2) is 0 Å². The average Bonchev–Trinajstić information content (AvgIpc) is 2.41. The molecule has 0 aromatic carbocycles. The summed E-state index contributed by atoms with van der Waals surface area (Å²) in [7, 11) is 0. The lowest BCUT2D eigenvalue weighted by atomic mass is 10.1. The fourth-order valence-electron chi connectivity index (χ4n) is 1.87. The van der Waals surface area contributed by atoms with E-state index in [1.807, 2.05) is 12.1 Å². The van der Waals surface area contributed by atoms with Crippen LogP contribution in [0, 0.1) is 0 Å². The van der Waals surface area contributed by atoms with Gasteiger partial charge in [-0.25, -0.2) is 4.79 Å². The van der Waals surface area contributed by atoms with Crippen LogP contribution in [0.15, 0.2) is 24.5 Å². The maximum Gasteiger partial charge on any atom is 0.410 e. The van der Waals surface area contributed by atoms with Gasteiger partial charge in [-0.1, -0.05) is 6.07 Å². The second kappa shape index (κ2) is 8.36. The number of hydrogen-bond acceptors (Lipinski definition) is 4. The predicted octanol–water partition coefficient (Wildman–Crippen LogP) is 2.73. The highest BCUT2D eigenvalue weighted by molar-refractivity contribution is 5.70. The Kier molecular flexibility index (Phi) is 6.82. The number of amides is 1. The molecule has 0 saturated heterocycles. The van der Waals surface area contributed by atoms with E-state index in [0.29, 0.717) is 6.54 Å². The smallest absolute Gasteiger partial charge is 0.410 e. The molecule has 1 aromatic rings. The zero-order chi connectivity index (χ0) is 16.6. The monoisotopic (exact) mass is 308 g/mol. The number of ether oxygens (including phenoxy) is 1. The van der Waals surface area contributed by atoms with Crippen LogP contribution in [0.25, 0.3) is 0 Å². The summed E-state index contributed by atoms with van der Waals surface area (Å²) in [6.45, 7) is 5.97. The number of aliphatic carboxylic acids is 1. The Morgan fingerprint density at radius 2 is 2.05 bits per heavy atom. The summed E-state index contributed by atoms with van der Waals surface area (Å²) in [6, 6.07) is 3.84. The summed E-state index contributed by atoms with van der Waals surface area (Å²) < 4.78 is 5.32. The van der Waals surface area contributed by atoms with Gasteiger partial charge in [0.2, 0.25) is 0 Å². The van der Waals surface area contributed by atoms with Crippen molar-refractivity contribution in [1.82, 2.24) is 9.88 Å². The molecule has 1 heterocycles. The van der Waals surface area contributed by atoms with Gasteiger partial charge in [0, 0.05) is 25.5 Å². The van der Waals surface area contributed by atoms with E-state index in [2.05, 4.69) is 4.98 Å². The summed E-state index contributed by atoms with van der Waals surface area (Å²) in [6.07, 6.45) is 4.44. The van der Waals surface area contributed by atoms with Crippen LogP contribution in [0.3, 0.4) is 0 Å². The summed E-state index contributed by atoms with van der Waals surface area (Å²) in [5.74, 6) is -0.930. The fourth-order valence-corrected chi connectivity index (χ4v) is 1.87. The number of rotatable bonds is 7. The summed E-state index contributed by atoms with van der Waals surface area (Å²) in [4.78, 5) is 28.3. The zero-order valence-electron chi connectivity index (χ0n) is 13.4. The molecule has 6 nitrogen and oxygen atoms in total. The predicted molar refractivity (Wildman–Crippen MR) is 82.6 cm³/mol. The molecule has 1 N–H and O–H groups in total. The van der Waals surface area contributed by atoms with E-state index in [0.717, 1.165) is 18.4 Å². The number of hydrogen-bond donors (Lipinski definition) is 1. The largest absolute Gasteiger partial charge is 0.481 e. The molecule has 0 bridgehead atoms. The highest BCUT2D eigenvalue weighted by Gasteiger charge is 2.22. The van der Waals surface area contributed by atoms with Crippen molar-refractivity contribution in [3.8, 4) is 0 Å². The Morgan fingerprint density at radius 1 is 1.32 bits per heavy atom. The minimum Gasteiger partial charge on any atom is -0.481 e. The molecule has 1 rings (SSSR count). The number of carbonyl (C=O) groups excluding carboxylic acids is 1. The Labute approximate surface area is 131 Å². The molecule has 0 aliphatic carbocycles. The van der Waals surface area contributed by atoms with Gasteiger partial charge in [-0.2, -0.15) is 0 Å². The van der Waals surface area contributed by atoms with Crippen LogP contribution in [0.4, 0.5) is 4.79 Å². The van der Waals surface area contributed by atoms with Crippen molar-refractivity contribution in [2.45, 2.75) is 45.6 Å². The van der Waals surface area contributed by atoms with Crippen molar-refractivity contribution in [3.05, 3.63) is 30.1 Å². The molecule has 0 spiro atoms. The topological polar surface area (TPSA) is 79.7 Å². The molecular weight excluding hydrogens is 284 g/mol. The molecule has 0 saturated carbocycles. The number of carboxylic acids is 1. The Hall–Kier alpha value is -2.11. The van der Waals surface area contributed by atoms with Gasteiger partial charge in [-0.3, -0.25) is 9.78 Å². The van der Waals surface area contributed by atoms with Crippen molar-refractivity contribution >= 4 is 12.1 Å². The minimum absolute atomic E-state index is 0.0911. The van der Waals surface area contributed by atoms with Crippen LogP contribution >= 0.6 is 0 Å². The zero-order valence-corrected chi connectivity index (χ0v) is 13.4. The molecule has 1 amide bonds. The van der Waals surface area contributed by atoms with E-state index in [4.69, 9.17) is 9.84 Å². The molecule has 0 aliphatic heterocycles. The van der Waals surface area contributed by atoms with Gasteiger partial charge < -0.3 is 14.7 Å². The van der Waals surface area contributed by atoms with Gasteiger partial charge in [0.25, 0.3) is 0 Å². The highest BCUT2D eigenvalue weighted by atomic mass is 16.6. The van der Waals surface area contributed by atoms with E-state index >= 15 is 0 Å². The first-order valence-corrected chi connectivity index (χ1v) is 7.36. The van der Waals surface area contributed by atoms with Crippen LogP contribution in [-0.2, 0) is 16.0 Å². The van der Waals surface area contributed by atoms with Gasteiger partial charge in [-0.15, -0.1) is 0 Å². The molecule has 0 fully saturated rings. The van der Waals surface area contributed by atoms with Gasteiger partial charge in [0.05, 0.1) is 6.42 Å². The van der Waals surface area contributed by atoms with Gasteiger partial charge in [-0.05, 0) is 45.2 Å². The third kappa shape index (κ3) is 7.61. The van der Waals surface area contributed by atoms with E-state index < -0.39 is 17.7 Å². The normalized spacial score (nSPS) is 11.0. The van der Waals surface area contributed by atoms with Crippen molar-refractivity contribution in [3.63, 3.8) is 0 Å². The number of carbonyl (C=O) groups is 2. The Morgan fingerprint density at radius 3 is 2.59 bits per heavy atom. The second-order valence-corrected chi connectivity index (χ2v) is 6.08. The summed E-state index contributed by atoms with van der Waals surface area (Å²) in [5, 5.41) is 8.79. The molecule has 122 valence electrons. The van der Waals surface area contributed by atoms with Crippen LogP contribution in [0.1, 0.15) is 39.2 Å². The number of carboxylic acid groups (broad SMARTS) is 1. The van der Waals surface area contributed by atoms with E-state index in [1.54, 1.807) is 33.2 Å². The quantitative estimate of drug-likeness (QED) is 0.837. The number of pyridine rings is 1. The molecule has 0 radical (unpaired) electrons. The molecular formula is C16H24N2O4. The second-order valence-electron chi connectivity index (χ2n) is 6.08. The SMILES string of the molecule is CC(C)(C)OC(=O)N(CCCc1cccnc1)CCC(=O)O. The third-order valence-corrected chi connectivity index (χ3v) is 2.86. The van der Waals surface area contributed by atoms with Gasteiger partial charge >= 0.3 is 12.1 Å². The first kappa shape index (κ1) is 17.9. The maximum atomic E-state index is 12.1. The number of aromatic nitrogens is 1. The lowest BCUT2D eigenvalue weighted by molar-refractivity contribution is -0.137. The molecule has 0 aliphatic rings. The van der Waals surface area contributed by atoms with E-state index in [1.165, 1.54) is 4.90 Å². The van der Waals surface area contributed by atoms with Crippen molar-refractivity contribution in [2.24, 2.45) is 0 Å². The number of aryl methyl sites for hydroxylation is 1. The Balaban J connectivity index is 2.53. The van der Waals surface area contributed by atoms with Crippen molar-refractivity contribution in [1.29, 1.82) is 0 Å². The molecule has 22 heavy (non-hydrogen) atoms. The maximum absolute atomic E-state index is 12.1.